The van der Waals surface area contributed by atoms with Gasteiger partial charge in [0, 0.05) is 8.59 Å². The standard InChI is InChI=1S/C15H12ClIN2S/c1-9(11-4-2-3-5-12(11)16)19-14-7-6-10(17)8-13(14)18-15(19)20/h2-9H,1H3,(H,18,20). The quantitative estimate of drug-likeness (QED) is 0.430. The molecule has 2 aromatic carbocycles. The molecule has 0 aliphatic heterocycles. The van der Waals surface area contributed by atoms with E-state index >= 15 is 0 Å². The molecule has 1 N–H and O–H groups in total. The minimum atomic E-state index is 0.0880. The van der Waals surface area contributed by atoms with E-state index in [-0.39, 0.29) is 6.04 Å². The van der Waals surface area contributed by atoms with E-state index in [1.54, 1.807) is 0 Å². The molecule has 0 saturated heterocycles. The van der Waals surface area contributed by atoms with Gasteiger partial charge in [0.15, 0.2) is 4.77 Å². The fourth-order valence-corrected chi connectivity index (χ4v) is 3.59. The number of hydrogen-bond acceptors (Lipinski definition) is 1. The maximum Gasteiger partial charge on any atom is 0.178 e. The van der Waals surface area contributed by atoms with Crippen LogP contribution in [0.2, 0.25) is 5.02 Å². The van der Waals surface area contributed by atoms with E-state index in [2.05, 4.69) is 57.3 Å². The zero-order valence-corrected chi connectivity index (χ0v) is 14.5. The first-order valence-corrected chi connectivity index (χ1v) is 8.08. The van der Waals surface area contributed by atoms with Crippen LogP contribution in [0.4, 0.5) is 0 Å². The molecule has 0 amide bonds. The Balaban J connectivity index is 2.22. The summed E-state index contributed by atoms with van der Waals surface area (Å²) in [5.74, 6) is 0. The van der Waals surface area contributed by atoms with Crippen molar-refractivity contribution in [3.8, 4) is 0 Å². The van der Waals surface area contributed by atoms with Crippen LogP contribution in [0.1, 0.15) is 18.5 Å². The Kier molecular flexibility index (Phi) is 3.88. The van der Waals surface area contributed by atoms with E-state index in [0.29, 0.717) is 0 Å². The number of rotatable bonds is 2. The van der Waals surface area contributed by atoms with Crippen LogP contribution in [0.25, 0.3) is 11.0 Å². The van der Waals surface area contributed by atoms with Crippen LogP contribution < -0.4 is 0 Å². The number of hydrogen-bond donors (Lipinski definition) is 1. The highest BCUT2D eigenvalue weighted by Gasteiger charge is 2.15. The largest absolute Gasteiger partial charge is 0.331 e. The van der Waals surface area contributed by atoms with Crippen molar-refractivity contribution in [2.45, 2.75) is 13.0 Å². The summed E-state index contributed by atoms with van der Waals surface area (Å²) in [5, 5.41) is 0.766. The second-order valence-corrected chi connectivity index (χ2v) is 6.70. The van der Waals surface area contributed by atoms with Crippen LogP contribution in [0, 0.1) is 8.34 Å². The van der Waals surface area contributed by atoms with E-state index in [4.69, 9.17) is 23.8 Å². The minimum absolute atomic E-state index is 0.0880. The van der Waals surface area contributed by atoms with Gasteiger partial charge in [0.25, 0.3) is 0 Å². The summed E-state index contributed by atoms with van der Waals surface area (Å²) >= 11 is 14.1. The van der Waals surface area contributed by atoms with Gasteiger partial charge in [-0.25, -0.2) is 0 Å². The number of halogens is 2. The lowest BCUT2D eigenvalue weighted by atomic mass is 10.1. The molecule has 0 aliphatic rings. The lowest BCUT2D eigenvalue weighted by molar-refractivity contribution is 0.649. The van der Waals surface area contributed by atoms with Crippen molar-refractivity contribution in [2.75, 3.05) is 0 Å². The van der Waals surface area contributed by atoms with Crippen molar-refractivity contribution in [3.63, 3.8) is 0 Å². The molecule has 3 rings (SSSR count). The number of nitrogens with zero attached hydrogens (tertiary/aromatic N) is 1. The van der Waals surface area contributed by atoms with Gasteiger partial charge in [0.2, 0.25) is 0 Å². The third-order valence-corrected chi connectivity index (χ3v) is 4.74. The van der Waals surface area contributed by atoms with Gasteiger partial charge in [-0.1, -0.05) is 29.8 Å². The van der Waals surface area contributed by atoms with Crippen molar-refractivity contribution in [2.24, 2.45) is 0 Å². The van der Waals surface area contributed by atoms with Gasteiger partial charge < -0.3 is 9.55 Å². The Morgan fingerprint density at radius 2 is 2.00 bits per heavy atom. The Hall–Kier alpha value is -0.850. The second kappa shape index (κ2) is 5.50. The molecule has 0 radical (unpaired) electrons. The van der Waals surface area contributed by atoms with Crippen LogP contribution in [0.5, 0.6) is 0 Å². The predicted molar refractivity (Wildman–Crippen MR) is 95.1 cm³/mol. The summed E-state index contributed by atoms with van der Waals surface area (Å²) in [4.78, 5) is 3.27. The molecule has 3 aromatic rings. The van der Waals surface area contributed by atoms with Gasteiger partial charge in [0.1, 0.15) is 0 Å². The SMILES string of the molecule is CC(c1ccccc1Cl)n1c(=S)[nH]c2cc(I)ccc21. The fourth-order valence-electron chi connectivity index (χ4n) is 2.44. The number of H-pyrrole nitrogens is 1. The van der Waals surface area contributed by atoms with Crippen LogP contribution in [0.15, 0.2) is 42.5 Å². The highest BCUT2D eigenvalue weighted by Crippen LogP contribution is 2.29. The molecule has 1 unspecified atom stereocenters. The summed E-state index contributed by atoms with van der Waals surface area (Å²) in [6, 6.07) is 14.3. The molecule has 5 heteroatoms. The number of fused-ring (bicyclic) bond motifs is 1. The summed E-state index contributed by atoms with van der Waals surface area (Å²) in [6.07, 6.45) is 0. The van der Waals surface area contributed by atoms with Crippen LogP contribution in [-0.4, -0.2) is 9.55 Å². The highest BCUT2D eigenvalue weighted by molar-refractivity contribution is 14.1. The smallest absolute Gasteiger partial charge is 0.178 e. The number of benzene rings is 2. The van der Waals surface area contributed by atoms with Gasteiger partial charge >= 0.3 is 0 Å². The molecule has 0 bridgehead atoms. The molecule has 1 atom stereocenters. The number of aromatic amines is 1. The Bertz CT molecular complexity index is 837. The van der Waals surface area contributed by atoms with Crippen LogP contribution in [0.3, 0.4) is 0 Å². The zero-order valence-electron chi connectivity index (χ0n) is 10.7. The van der Waals surface area contributed by atoms with Crippen molar-refractivity contribution in [1.82, 2.24) is 9.55 Å². The molecular weight excluding hydrogens is 403 g/mol. The summed E-state index contributed by atoms with van der Waals surface area (Å²) < 4.78 is 4.01. The topological polar surface area (TPSA) is 20.7 Å². The van der Waals surface area contributed by atoms with Crippen molar-refractivity contribution < 1.29 is 0 Å². The third kappa shape index (κ3) is 2.40. The van der Waals surface area contributed by atoms with Gasteiger partial charge in [0.05, 0.1) is 17.1 Å². The maximum atomic E-state index is 6.31. The second-order valence-electron chi connectivity index (χ2n) is 4.66. The molecule has 0 spiro atoms. The number of imidazole rings is 1. The molecule has 102 valence electrons. The lowest BCUT2D eigenvalue weighted by Gasteiger charge is -2.16. The monoisotopic (exact) mass is 414 g/mol. The Morgan fingerprint density at radius 1 is 1.25 bits per heavy atom. The number of nitrogens with one attached hydrogen (secondary N) is 1. The maximum absolute atomic E-state index is 6.31. The fraction of sp³-hybridized carbons (Fsp3) is 0.133. The first kappa shape index (κ1) is 14.1. The van der Waals surface area contributed by atoms with Crippen molar-refractivity contribution in [1.29, 1.82) is 0 Å². The third-order valence-electron chi connectivity index (χ3n) is 3.42. The van der Waals surface area contributed by atoms with Gasteiger partial charge in [-0.2, -0.15) is 0 Å². The van der Waals surface area contributed by atoms with Crippen molar-refractivity contribution in [3.05, 3.63) is 61.4 Å². The predicted octanol–water partition coefficient (Wildman–Crippen LogP) is 5.57. The molecule has 0 fully saturated rings. The molecule has 20 heavy (non-hydrogen) atoms. The van der Waals surface area contributed by atoms with Crippen molar-refractivity contribution >= 4 is 57.4 Å². The highest BCUT2D eigenvalue weighted by atomic mass is 127. The van der Waals surface area contributed by atoms with E-state index < -0.39 is 0 Å². The summed E-state index contributed by atoms with van der Waals surface area (Å²) in [6.45, 7) is 2.11. The molecule has 1 aromatic heterocycles. The summed E-state index contributed by atoms with van der Waals surface area (Å²) in [7, 11) is 0. The van der Waals surface area contributed by atoms with Crippen LogP contribution in [-0.2, 0) is 0 Å². The molecular formula is C15H12ClIN2S. The van der Waals surface area contributed by atoms with E-state index in [1.165, 1.54) is 3.57 Å². The van der Waals surface area contributed by atoms with Gasteiger partial charge in [-0.15, -0.1) is 0 Å². The average molecular weight is 415 g/mol. The number of aromatic nitrogens is 2. The zero-order chi connectivity index (χ0) is 14.3. The molecule has 0 aliphatic carbocycles. The normalized spacial score (nSPS) is 12.8. The summed E-state index contributed by atoms with van der Waals surface area (Å²) in [5.41, 5.74) is 3.23. The first-order chi connectivity index (χ1) is 9.58. The van der Waals surface area contributed by atoms with Crippen LogP contribution >= 0.6 is 46.4 Å². The first-order valence-electron chi connectivity index (χ1n) is 6.22. The Morgan fingerprint density at radius 3 is 2.75 bits per heavy atom. The molecule has 2 nitrogen and oxygen atoms in total. The van der Waals surface area contributed by atoms with Gasteiger partial charge in [-0.3, -0.25) is 0 Å². The van der Waals surface area contributed by atoms with E-state index in [1.807, 2.05) is 24.3 Å². The lowest BCUT2D eigenvalue weighted by Crippen LogP contribution is -2.07. The molecule has 0 saturated carbocycles. The van der Waals surface area contributed by atoms with E-state index in [9.17, 15) is 0 Å². The Labute approximate surface area is 140 Å². The average Bonchev–Trinajstić information content (AvgIpc) is 2.73. The van der Waals surface area contributed by atoms with Gasteiger partial charge in [-0.05, 0) is 71.6 Å². The molecule has 1 heterocycles. The van der Waals surface area contributed by atoms with E-state index in [0.717, 1.165) is 26.4 Å². The minimum Gasteiger partial charge on any atom is -0.331 e.